The lowest BCUT2D eigenvalue weighted by molar-refractivity contribution is -0.136. The van der Waals surface area contributed by atoms with E-state index in [1.54, 1.807) is 27.2 Å². The number of likely N-dealkylation sites (tertiary alicyclic amines) is 1. The van der Waals surface area contributed by atoms with Gasteiger partial charge in [0.05, 0.1) is 12.1 Å². The first kappa shape index (κ1) is 30.2. The first-order valence-electron chi connectivity index (χ1n) is 15.2. The molecule has 0 spiro atoms. The highest BCUT2D eigenvalue weighted by Gasteiger charge is 2.33. The molecule has 45 heavy (non-hydrogen) atoms. The maximum absolute atomic E-state index is 13.1. The van der Waals surface area contributed by atoms with Crippen LogP contribution >= 0.6 is 11.3 Å². The van der Waals surface area contributed by atoms with E-state index < -0.39 is 12.1 Å². The number of carbonyl (C=O) groups is 4. The Kier molecular flexibility index (Phi) is 9.02. The summed E-state index contributed by atoms with van der Waals surface area (Å²) in [6.07, 6.45) is 12.0. The fourth-order valence-electron chi connectivity index (χ4n) is 5.95. The second-order valence-corrected chi connectivity index (χ2v) is 12.3. The average Bonchev–Trinajstić information content (AvgIpc) is 3.84. The molecule has 1 aromatic heterocycles. The van der Waals surface area contributed by atoms with Crippen molar-refractivity contribution in [1.29, 1.82) is 0 Å². The van der Waals surface area contributed by atoms with Gasteiger partial charge in [0.2, 0.25) is 17.7 Å². The van der Waals surface area contributed by atoms with E-state index in [2.05, 4.69) is 10.6 Å². The molecule has 0 radical (unpaired) electrons. The van der Waals surface area contributed by atoms with Crippen LogP contribution in [-0.2, 0) is 25.6 Å². The van der Waals surface area contributed by atoms with Crippen LogP contribution in [0, 0.1) is 0 Å². The van der Waals surface area contributed by atoms with Gasteiger partial charge in [0, 0.05) is 48.3 Å². The van der Waals surface area contributed by atoms with E-state index >= 15 is 0 Å². The highest BCUT2D eigenvalue weighted by molar-refractivity contribution is 7.13. The van der Waals surface area contributed by atoms with Gasteiger partial charge in [0.25, 0.3) is 5.91 Å². The number of carbonyl (C=O) groups excluding carboxylic acids is 4. The molecule has 2 aliphatic heterocycles. The molecule has 3 aromatic rings. The smallest absolute Gasteiger partial charge is 0.251 e. The number of hydrogen-bond donors (Lipinski definition) is 2. The van der Waals surface area contributed by atoms with Crippen molar-refractivity contribution in [2.75, 3.05) is 18.4 Å². The standard InChI is InChI=1S/C35H35N5O4S/c1-23(41)39-19-5-9-30(39)33(43)36-28-17-13-26(14-18-28)35-38-29(22-45-35)25-11-15-27(16-12-25)37-34(44)31-10-6-20-40(31)32(42)21-24-7-3-2-4-8-24/h2-4,6-8,10-11,13-18,22,25,30-31H,5,9,12,19-21H2,1H3,(H,36,43)(H,37,44)/t25?,30-,31-/m0/s1. The summed E-state index contributed by atoms with van der Waals surface area (Å²) in [5, 5.41) is 8.85. The molecule has 0 bridgehead atoms. The monoisotopic (exact) mass is 621 g/mol. The predicted octanol–water partition coefficient (Wildman–Crippen LogP) is 4.81. The molecule has 2 aromatic carbocycles. The summed E-state index contributed by atoms with van der Waals surface area (Å²) in [6, 6.07) is 16.1. The fourth-order valence-corrected chi connectivity index (χ4v) is 6.84. The van der Waals surface area contributed by atoms with E-state index in [0.29, 0.717) is 37.3 Å². The molecule has 230 valence electrons. The Labute approximate surface area is 266 Å². The minimum atomic E-state index is -0.632. The third kappa shape index (κ3) is 6.96. The summed E-state index contributed by atoms with van der Waals surface area (Å²) in [5.41, 5.74) is 4.22. The molecule has 1 aliphatic carbocycles. The molecule has 6 rings (SSSR count). The lowest BCUT2D eigenvalue weighted by Gasteiger charge is -2.25. The number of anilines is 1. The van der Waals surface area contributed by atoms with Gasteiger partial charge in [-0.2, -0.15) is 0 Å². The second kappa shape index (κ2) is 13.4. The van der Waals surface area contributed by atoms with Crippen LogP contribution in [-0.4, -0.2) is 63.6 Å². The Morgan fingerprint density at radius 3 is 2.49 bits per heavy atom. The van der Waals surface area contributed by atoms with E-state index in [0.717, 1.165) is 28.2 Å². The van der Waals surface area contributed by atoms with Crippen molar-refractivity contribution in [3.8, 4) is 10.6 Å². The Morgan fingerprint density at radius 1 is 0.956 bits per heavy atom. The SMILES string of the molecule is CC(=O)N1CCC[C@H]1C(=O)Nc1ccc(-c2nc(C3C=CC(NC(=O)[C@@H]4C=CCN4C(=O)Cc4ccccc4)=CC3)cs2)cc1. The zero-order valence-electron chi connectivity index (χ0n) is 25.0. The van der Waals surface area contributed by atoms with E-state index in [-0.39, 0.29) is 36.0 Å². The summed E-state index contributed by atoms with van der Waals surface area (Å²) < 4.78 is 0. The Balaban J connectivity index is 1.01. The van der Waals surface area contributed by atoms with Crippen molar-refractivity contribution < 1.29 is 19.2 Å². The minimum Gasteiger partial charge on any atom is -0.331 e. The Bertz CT molecular complexity index is 1680. The molecule has 1 saturated heterocycles. The normalized spacial score (nSPS) is 20.6. The molecule has 10 heteroatoms. The molecule has 4 amide bonds. The molecule has 3 atom stereocenters. The molecular formula is C35H35N5O4S. The van der Waals surface area contributed by atoms with Crippen molar-refractivity contribution in [3.63, 3.8) is 0 Å². The topological polar surface area (TPSA) is 112 Å². The molecule has 9 nitrogen and oxygen atoms in total. The lowest BCUT2D eigenvalue weighted by Crippen LogP contribution is -2.46. The lowest BCUT2D eigenvalue weighted by atomic mass is 9.96. The number of nitrogens with one attached hydrogen (secondary N) is 2. The zero-order chi connectivity index (χ0) is 31.3. The molecule has 1 fully saturated rings. The summed E-state index contributed by atoms with van der Waals surface area (Å²) in [6.45, 7) is 2.54. The van der Waals surface area contributed by atoms with E-state index in [4.69, 9.17) is 4.98 Å². The van der Waals surface area contributed by atoms with Crippen LogP contribution < -0.4 is 10.6 Å². The van der Waals surface area contributed by atoms with Crippen molar-refractivity contribution >= 4 is 40.7 Å². The van der Waals surface area contributed by atoms with Crippen LogP contribution in [0.5, 0.6) is 0 Å². The molecule has 3 aliphatic rings. The summed E-state index contributed by atoms with van der Waals surface area (Å²) >= 11 is 1.56. The van der Waals surface area contributed by atoms with Gasteiger partial charge in [0.1, 0.15) is 17.1 Å². The van der Waals surface area contributed by atoms with Crippen LogP contribution in [0.3, 0.4) is 0 Å². The van der Waals surface area contributed by atoms with Crippen LogP contribution in [0.1, 0.15) is 43.4 Å². The van der Waals surface area contributed by atoms with E-state index in [1.165, 1.54) is 6.92 Å². The molecular weight excluding hydrogens is 586 g/mol. The number of hydrogen-bond acceptors (Lipinski definition) is 6. The number of benzene rings is 2. The molecule has 2 N–H and O–H groups in total. The van der Waals surface area contributed by atoms with Crippen LogP contribution in [0.2, 0.25) is 0 Å². The number of allylic oxidation sites excluding steroid dienone is 3. The highest BCUT2D eigenvalue weighted by Crippen LogP contribution is 2.32. The van der Waals surface area contributed by atoms with Gasteiger partial charge in [-0.05, 0) is 55.2 Å². The van der Waals surface area contributed by atoms with Crippen LogP contribution in [0.15, 0.2) is 96.1 Å². The van der Waals surface area contributed by atoms with E-state index in [1.807, 2.05) is 84.3 Å². The van der Waals surface area contributed by atoms with Crippen molar-refractivity contribution in [3.05, 3.63) is 107 Å². The summed E-state index contributed by atoms with van der Waals surface area (Å²) in [5.74, 6) is -0.459. The third-order valence-electron chi connectivity index (χ3n) is 8.37. The number of nitrogens with zero attached hydrogens (tertiary/aromatic N) is 3. The van der Waals surface area contributed by atoms with Crippen LogP contribution in [0.25, 0.3) is 10.6 Å². The highest BCUT2D eigenvalue weighted by atomic mass is 32.1. The van der Waals surface area contributed by atoms with Gasteiger partial charge < -0.3 is 20.4 Å². The quantitative estimate of drug-likeness (QED) is 0.351. The zero-order valence-corrected chi connectivity index (χ0v) is 25.8. The summed E-state index contributed by atoms with van der Waals surface area (Å²) in [7, 11) is 0. The second-order valence-electron chi connectivity index (χ2n) is 11.4. The number of aromatic nitrogens is 1. The third-order valence-corrected chi connectivity index (χ3v) is 9.28. The predicted molar refractivity (Wildman–Crippen MR) is 174 cm³/mol. The van der Waals surface area contributed by atoms with Crippen molar-refractivity contribution in [1.82, 2.24) is 20.1 Å². The molecule has 0 saturated carbocycles. The first-order chi connectivity index (χ1) is 21.9. The Morgan fingerprint density at radius 2 is 1.76 bits per heavy atom. The molecule has 3 heterocycles. The van der Waals surface area contributed by atoms with Gasteiger partial charge >= 0.3 is 0 Å². The fraction of sp³-hybridized carbons (Fsp3) is 0.286. The van der Waals surface area contributed by atoms with Gasteiger partial charge in [0.15, 0.2) is 0 Å². The Hall–Kier alpha value is -4.83. The van der Waals surface area contributed by atoms with E-state index in [9.17, 15) is 19.2 Å². The minimum absolute atomic E-state index is 0.0764. The molecule has 1 unspecified atom stereocenters. The number of rotatable bonds is 8. The van der Waals surface area contributed by atoms with Crippen LogP contribution in [0.4, 0.5) is 5.69 Å². The van der Waals surface area contributed by atoms with Gasteiger partial charge in [-0.25, -0.2) is 4.98 Å². The first-order valence-corrected chi connectivity index (χ1v) is 16.1. The van der Waals surface area contributed by atoms with Crippen molar-refractivity contribution in [2.45, 2.75) is 50.6 Å². The van der Waals surface area contributed by atoms with Gasteiger partial charge in [-0.15, -0.1) is 11.3 Å². The summed E-state index contributed by atoms with van der Waals surface area (Å²) in [4.78, 5) is 58.7. The number of amides is 4. The average molecular weight is 622 g/mol. The van der Waals surface area contributed by atoms with Crippen molar-refractivity contribution in [2.24, 2.45) is 0 Å². The maximum Gasteiger partial charge on any atom is 0.251 e. The maximum atomic E-state index is 13.1. The largest absolute Gasteiger partial charge is 0.331 e. The van der Waals surface area contributed by atoms with Gasteiger partial charge in [-0.1, -0.05) is 54.6 Å². The van der Waals surface area contributed by atoms with Gasteiger partial charge in [-0.3, -0.25) is 19.2 Å². The number of thiazole rings is 1.